The predicted octanol–water partition coefficient (Wildman–Crippen LogP) is 1.85. The number of hydrogen-bond donors (Lipinski definition) is 1. The van der Waals surface area contributed by atoms with Crippen LogP contribution in [0, 0.1) is 0 Å². The smallest absolute Gasteiger partial charge is 0.226 e. The minimum absolute atomic E-state index is 0.0919. The topological polar surface area (TPSA) is 32.3 Å². The number of carbonyl (C=O) groups is 1. The van der Waals surface area contributed by atoms with E-state index in [9.17, 15) is 4.79 Å². The van der Waals surface area contributed by atoms with Gasteiger partial charge in [0.25, 0.3) is 0 Å². The molecule has 1 aromatic rings. The largest absolute Gasteiger partial charge is 0.370 e. The summed E-state index contributed by atoms with van der Waals surface area (Å²) in [6.45, 7) is 2.06. The van der Waals surface area contributed by atoms with Gasteiger partial charge < -0.3 is 10.2 Å². The van der Waals surface area contributed by atoms with Gasteiger partial charge in [0.1, 0.15) is 0 Å². The van der Waals surface area contributed by atoms with Crippen molar-refractivity contribution in [1.82, 2.24) is 0 Å². The third kappa shape index (κ3) is 1.45. The lowest BCUT2D eigenvalue weighted by molar-refractivity contribution is -0.116. The molecule has 1 amide bonds. The van der Waals surface area contributed by atoms with Crippen LogP contribution >= 0.6 is 0 Å². The Morgan fingerprint density at radius 1 is 1.43 bits per heavy atom. The Kier molecular flexibility index (Phi) is 2.15. The summed E-state index contributed by atoms with van der Waals surface area (Å²) in [5.41, 5.74) is 2.00. The summed E-state index contributed by atoms with van der Waals surface area (Å²) in [4.78, 5) is 13.6. The van der Waals surface area contributed by atoms with E-state index in [0.29, 0.717) is 6.42 Å². The molecule has 0 fully saturated rings. The second kappa shape index (κ2) is 3.33. The summed E-state index contributed by atoms with van der Waals surface area (Å²) in [7, 11) is 2.02. The number of nitrogens with one attached hydrogen (secondary N) is 1. The maximum atomic E-state index is 11.5. The Hall–Kier alpha value is -1.51. The minimum atomic E-state index is 0.0919. The van der Waals surface area contributed by atoms with Gasteiger partial charge in [-0.25, -0.2) is 0 Å². The highest BCUT2D eigenvalue weighted by Crippen LogP contribution is 2.29. The SMILES string of the molecule is CC1CC(=O)Nc2ccccc2N1C. The van der Waals surface area contributed by atoms with E-state index < -0.39 is 0 Å². The highest BCUT2D eigenvalue weighted by molar-refractivity contribution is 5.96. The number of rotatable bonds is 0. The molecule has 0 saturated heterocycles. The zero-order valence-electron chi connectivity index (χ0n) is 8.45. The van der Waals surface area contributed by atoms with E-state index >= 15 is 0 Å². The van der Waals surface area contributed by atoms with Gasteiger partial charge in [-0.1, -0.05) is 12.1 Å². The highest BCUT2D eigenvalue weighted by atomic mass is 16.1. The van der Waals surface area contributed by atoms with Crippen molar-refractivity contribution in [3.63, 3.8) is 0 Å². The number of para-hydroxylation sites is 2. The quantitative estimate of drug-likeness (QED) is 0.677. The molecular formula is C11H14N2O. The molecule has 0 bridgehead atoms. The first-order chi connectivity index (χ1) is 6.68. The van der Waals surface area contributed by atoms with Crippen LogP contribution in [0.1, 0.15) is 13.3 Å². The average Bonchev–Trinajstić information content (AvgIpc) is 2.26. The van der Waals surface area contributed by atoms with E-state index in [1.807, 2.05) is 31.3 Å². The molecule has 0 aliphatic carbocycles. The molecule has 1 heterocycles. The van der Waals surface area contributed by atoms with Crippen molar-refractivity contribution in [2.45, 2.75) is 19.4 Å². The first kappa shape index (κ1) is 9.06. The summed E-state index contributed by atoms with van der Waals surface area (Å²) in [5, 5.41) is 2.90. The molecule has 1 aliphatic heterocycles. The van der Waals surface area contributed by atoms with E-state index in [-0.39, 0.29) is 11.9 Å². The molecule has 1 aromatic carbocycles. The van der Waals surface area contributed by atoms with Gasteiger partial charge >= 0.3 is 0 Å². The summed E-state index contributed by atoms with van der Waals surface area (Å²) < 4.78 is 0. The second-order valence-electron chi connectivity index (χ2n) is 3.73. The Labute approximate surface area is 83.7 Å². The van der Waals surface area contributed by atoms with Gasteiger partial charge in [0.15, 0.2) is 0 Å². The van der Waals surface area contributed by atoms with Crippen LogP contribution in [0.15, 0.2) is 24.3 Å². The van der Waals surface area contributed by atoms with Gasteiger partial charge in [0.2, 0.25) is 5.91 Å². The van der Waals surface area contributed by atoms with Crippen molar-refractivity contribution in [3.05, 3.63) is 24.3 Å². The minimum Gasteiger partial charge on any atom is -0.370 e. The van der Waals surface area contributed by atoms with Gasteiger partial charge in [-0.2, -0.15) is 0 Å². The van der Waals surface area contributed by atoms with Crippen LogP contribution in [0.4, 0.5) is 11.4 Å². The molecule has 3 nitrogen and oxygen atoms in total. The predicted molar refractivity (Wildman–Crippen MR) is 57.6 cm³/mol. The van der Waals surface area contributed by atoms with Crippen molar-refractivity contribution >= 4 is 17.3 Å². The maximum Gasteiger partial charge on any atom is 0.226 e. The van der Waals surface area contributed by atoms with Crippen LogP contribution in [0.3, 0.4) is 0 Å². The Morgan fingerprint density at radius 2 is 2.14 bits per heavy atom. The summed E-state index contributed by atoms with van der Waals surface area (Å²) in [6, 6.07) is 8.13. The number of carbonyl (C=O) groups excluding carboxylic acids is 1. The molecule has 1 aliphatic rings. The molecule has 2 rings (SSSR count). The molecule has 1 unspecified atom stereocenters. The first-order valence-electron chi connectivity index (χ1n) is 4.80. The first-order valence-corrected chi connectivity index (χ1v) is 4.80. The van der Waals surface area contributed by atoms with E-state index in [0.717, 1.165) is 11.4 Å². The van der Waals surface area contributed by atoms with Crippen LogP contribution in [0.2, 0.25) is 0 Å². The number of anilines is 2. The molecule has 0 aromatic heterocycles. The molecule has 14 heavy (non-hydrogen) atoms. The molecule has 0 saturated carbocycles. The number of benzene rings is 1. The van der Waals surface area contributed by atoms with Crippen molar-refractivity contribution < 1.29 is 4.79 Å². The van der Waals surface area contributed by atoms with E-state index in [4.69, 9.17) is 0 Å². The molecule has 0 radical (unpaired) electrons. The lowest BCUT2D eigenvalue weighted by atomic mass is 10.2. The fourth-order valence-corrected chi connectivity index (χ4v) is 1.73. The van der Waals surface area contributed by atoms with Crippen molar-refractivity contribution in [3.8, 4) is 0 Å². The zero-order chi connectivity index (χ0) is 10.1. The normalized spacial score (nSPS) is 21.1. The van der Waals surface area contributed by atoms with Crippen LogP contribution in [-0.2, 0) is 4.79 Å². The maximum absolute atomic E-state index is 11.5. The summed E-state index contributed by atoms with van der Waals surface area (Å²) in [6.07, 6.45) is 0.547. The number of hydrogen-bond acceptors (Lipinski definition) is 2. The Bertz CT molecular complexity index is 362. The average molecular weight is 190 g/mol. The van der Waals surface area contributed by atoms with E-state index in [1.165, 1.54) is 0 Å². The fraction of sp³-hybridized carbons (Fsp3) is 0.364. The standard InChI is InChI=1S/C11H14N2O/c1-8-7-11(14)12-9-5-3-4-6-10(9)13(8)2/h3-6,8H,7H2,1-2H3,(H,12,14). The highest BCUT2D eigenvalue weighted by Gasteiger charge is 2.21. The van der Waals surface area contributed by atoms with Crippen LogP contribution in [-0.4, -0.2) is 19.0 Å². The third-order valence-electron chi connectivity index (χ3n) is 2.70. The molecule has 3 heteroatoms. The van der Waals surface area contributed by atoms with Crippen molar-refractivity contribution in [1.29, 1.82) is 0 Å². The summed E-state index contributed by atoms with van der Waals surface area (Å²) >= 11 is 0. The molecule has 0 spiro atoms. The van der Waals surface area contributed by atoms with E-state index in [2.05, 4.69) is 17.1 Å². The van der Waals surface area contributed by atoms with Gasteiger partial charge in [-0.3, -0.25) is 4.79 Å². The monoisotopic (exact) mass is 190 g/mol. The lowest BCUT2D eigenvalue weighted by Crippen LogP contribution is -2.29. The van der Waals surface area contributed by atoms with Crippen molar-refractivity contribution in [2.24, 2.45) is 0 Å². The number of nitrogens with zero attached hydrogens (tertiary/aromatic N) is 1. The van der Waals surface area contributed by atoms with Gasteiger partial charge in [-0.15, -0.1) is 0 Å². The van der Waals surface area contributed by atoms with Gasteiger partial charge in [-0.05, 0) is 19.1 Å². The Balaban J connectivity index is 2.46. The zero-order valence-corrected chi connectivity index (χ0v) is 8.45. The fourth-order valence-electron chi connectivity index (χ4n) is 1.73. The second-order valence-corrected chi connectivity index (χ2v) is 3.73. The lowest BCUT2D eigenvalue weighted by Gasteiger charge is -2.24. The molecular weight excluding hydrogens is 176 g/mol. The number of amides is 1. The van der Waals surface area contributed by atoms with Crippen LogP contribution in [0.5, 0.6) is 0 Å². The van der Waals surface area contributed by atoms with Crippen LogP contribution < -0.4 is 10.2 Å². The molecule has 1 atom stereocenters. The van der Waals surface area contributed by atoms with Crippen LogP contribution in [0.25, 0.3) is 0 Å². The molecule has 1 N–H and O–H groups in total. The summed E-state index contributed by atoms with van der Waals surface area (Å²) in [5.74, 6) is 0.0919. The van der Waals surface area contributed by atoms with Gasteiger partial charge in [0, 0.05) is 19.5 Å². The van der Waals surface area contributed by atoms with Gasteiger partial charge in [0.05, 0.1) is 11.4 Å². The van der Waals surface area contributed by atoms with Crippen molar-refractivity contribution in [2.75, 3.05) is 17.3 Å². The Morgan fingerprint density at radius 3 is 2.93 bits per heavy atom. The number of fused-ring (bicyclic) bond motifs is 1. The third-order valence-corrected chi connectivity index (χ3v) is 2.70. The molecule has 74 valence electrons. The van der Waals surface area contributed by atoms with E-state index in [1.54, 1.807) is 0 Å².